The lowest BCUT2D eigenvalue weighted by Gasteiger charge is -2.13. The van der Waals surface area contributed by atoms with E-state index in [1.165, 1.54) is 23.1 Å². The van der Waals surface area contributed by atoms with Crippen molar-refractivity contribution in [3.8, 4) is 0 Å². The van der Waals surface area contributed by atoms with Crippen LogP contribution in [0.3, 0.4) is 0 Å². The summed E-state index contributed by atoms with van der Waals surface area (Å²) in [6, 6.07) is -0.0634. The summed E-state index contributed by atoms with van der Waals surface area (Å²) in [5.74, 6) is 0.0690. The molecular weight excluding hydrogens is 358 g/mol. The number of nitrogens with zero attached hydrogens (tertiary/aromatic N) is 2. The second kappa shape index (κ2) is 8.64. The van der Waals surface area contributed by atoms with Crippen LogP contribution in [0.2, 0.25) is 0 Å². The molecule has 6 nitrogen and oxygen atoms in total. The van der Waals surface area contributed by atoms with Crippen LogP contribution in [0.1, 0.15) is 17.4 Å². The quantitative estimate of drug-likeness (QED) is 0.432. The van der Waals surface area contributed by atoms with Crippen LogP contribution in [-0.2, 0) is 16.1 Å². The molecule has 25 heavy (non-hydrogen) atoms. The normalized spacial score (nSPS) is 12.3. The van der Waals surface area contributed by atoms with E-state index in [9.17, 15) is 9.59 Å². The number of allylic oxidation sites excluding steroid dienone is 1. The Morgan fingerprint density at radius 3 is 2.88 bits per heavy atom. The van der Waals surface area contributed by atoms with E-state index in [4.69, 9.17) is 4.74 Å². The van der Waals surface area contributed by atoms with Gasteiger partial charge in [0.25, 0.3) is 5.56 Å². The van der Waals surface area contributed by atoms with Gasteiger partial charge in [-0.2, -0.15) is 0 Å². The third-order valence-corrected chi connectivity index (χ3v) is 5.80. The molecule has 2 rings (SSSR count). The second-order valence-electron chi connectivity index (χ2n) is 5.77. The van der Waals surface area contributed by atoms with E-state index in [1.807, 2.05) is 20.8 Å². The van der Waals surface area contributed by atoms with Crippen LogP contribution < -0.4 is 10.9 Å². The summed E-state index contributed by atoms with van der Waals surface area (Å²) in [6.07, 6.45) is 1.66. The first kappa shape index (κ1) is 19.7. The summed E-state index contributed by atoms with van der Waals surface area (Å²) < 4.78 is 6.58. The topological polar surface area (TPSA) is 73.2 Å². The minimum Gasteiger partial charge on any atom is -0.383 e. The van der Waals surface area contributed by atoms with E-state index in [2.05, 4.69) is 16.9 Å². The van der Waals surface area contributed by atoms with E-state index in [-0.39, 0.29) is 23.3 Å². The molecule has 0 radical (unpaired) electrons. The number of carbonyl (C=O) groups is 1. The monoisotopic (exact) mass is 381 g/mol. The molecule has 0 aliphatic heterocycles. The van der Waals surface area contributed by atoms with Crippen LogP contribution >= 0.6 is 23.1 Å². The number of aromatic nitrogens is 2. The number of hydrogen-bond acceptors (Lipinski definition) is 6. The fraction of sp³-hybridized carbons (Fsp3) is 0.471. The second-order valence-corrected chi connectivity index (χ2v) is 7.92. The van der Waals surface area contributed by atoms with E-state index in [0.717, 1.165) is 15.3 Å². The molecular formula is C17H23N3O3S2. The number of ether oxygens (including phenoxy) is 1. The summed E-state index contributed by atoms with van der Waals surface area (Å²) in [5.41, 5.74) is 0.889. The predicted octanol–water partition coefficient (Wildman–Crippen LogP) is 2.50. The van der Waals surface area contributed by atoms with Crippen LogP contribution in [0.5, 0.6) is 0 Å². The highest BCUT2D eigenvalue weighted by atomic mass is 32.2. The summed E-state index contributed by atoms with van der Waals surface area (Å²) in [7, 11) is 1.59. The summed E-state index contributed by atoms with van der Waals surface area (Å²) in [4.78, 5) is 31.3. The molecule has 1 unspecified atom stereocenters. The molecule has 8 heteroatoms. The molecule has 1 N–H and O–H groups in total. The molecule has 0 aromatic carbocycles. The summed E-state index contributed by atoms with van der Waals surface area (Å²) in [6.45, 7) is 10.3. The highest BCUT2D eigenvalue weighted by Gasteiger charge is 2.17. The molecule has 0 saturated heterocycles. The smallest absolute Gasteiger partial charge is 0.263 e. The zero-order chi connectivity index (χ0) is 18.6. The molecule has 0 spiro atoms. The van der Waals surface area contributed by atoms with Crippen molar-refractivity contribution in [3.05, 3.63) is 33.4 Å². The molecule has 2 aromatic heterocycles. The van der Waals surface area contributed by atoms with Crippen molar-refractivity contribution in [1.82, 2.24) is 14.9 Å². The van der Waals surface area contributed by atoms with Gasteiger partial charge in [-0.15, -0.1) is 17.9 Å². The Kier molecular flexibility index (Phi) is 6.80. The maximum atomic E-state index is 12.8. The molecule has 1 amide bonds. The summed E-state index contributed by atoms with van der Waals surface area (Å²) in [5, 5.41) is 4.04. The van der Waals surface area contributed by atoms with Crippen molar-refractivity contribution in [2.45, 2.75) is 38.5 Å². The fourth-order valence-electron chi connectivity index (χ4n) is 2.45. The zero-order valence-corrected chi connectivity index (χ0v) is 16.6. The summed E-state index contributed by atoms with van der Waals surface area (Å²) >= 11 is 2.76. The number of thiophene rings is 1. The minimum absolute atomic E-state index is 0.0634. The number of aryl methyl sites for hydroxylation is 2. The van der Waals surface area contributed by atoms with Gasteiger partial charge in [0.1, 0.15) is 4.83 Å². The fourth-order valence-corrected chi connectivity index (χ4v) is 4.34. The van der Waals surface area contributed by atoms with E-state index in [0.29, 0.717) is 23.7 Å². The largest absolute Gasteiger partial charge is 0.383 e. The molecule has 0 aliphatic carbocycles. The van der Waals surface area contributed by atoms with Gasteiger partial charge in [-0.25, -0.2) is 4.98 Å². The molecule has 1 atom stereocenters. The number of hydrogen-bond donors (Lipinski definition) is 1. The predicted molar refractivity (Wildman–Crippen MR) is 104 cm³/mol. The minimum atomic E-state index is -0.118. The van der Waals surface area contributed by atoms with Gasteiger partial charge >= 0.3 is 0 Å². The lowest BCUT2D eigenvalue weighted by Crippen LogP contribution is -2.36. The molecule has 0 fully saturated rings. The number of nitrogens with one attached hydrogen (secondary N) is 1. The van der Waals surface area contributed by atoms with Gasteiger partial charge in [-0.3, -0.25) is 14.2 Å². The number of rotatable bonds is 8. The maximum absolute atomic E-state index is 12.8. The molecule has 0 saturated carbocycles. The van der Waals surface area contributed by atoms with Gasteiger partial charge in [0.2, 0.25) is 5.91 Å². The molecule has 2 aromatic rings. The number of amides is 1. The van der Waals surface area contributed by atoms with Crippen molar-refractivity contribution < 1.29 is 9.53 Å². The first-order valence-electron chi connectivity index (χ1n) is 7.91. The zero-order valence-electron chi connectivity index (χ0n) is 14.9. The van der Waals surface area contributed by atoms with Crippen molar-refractivity contribution in [3.63, 3.8) is 0 Å². The average Bonchev–Trinajstić information content (AvgIpc) is 2.83. The van der Waals surface area contributed by atoms with Crippen LogP contribution in [0.25, 0.3) is 10.2 Å². The number of fused-ring (bicyclic) bond motifs is 1. The third kappa shape index (κ3) is 4.50. The SMILES string of the molecule is C=CCn1c(SCC(=O)NC(C)COC)nc2sc(C)c(C)c2c1=O. The molecule has 0 bridgehead atoms. The van der Waals surface area contributed by atoms with Crippen LogP contribution in [0, 0.1) is 13.8 Å². The first-order valence-corrected chi connectivity index (χ1v) is 9.71. The van der Waals surface area contributed by atoms with Gasteiger partial charge in [0, 0.05) is 24.6 Å². The van der Waals surface area contributed by atoms with Crippen molar-refractivity contribution in [1.29, 1.82) is 0 Å². The Morgan fingerprint density at radius 2 is 2.24 bits per heavy atom. The Hall–Kier alpha value is -1.64. The Labute approximate surface area is 155 Å². The lowest BCUT2D eigenvalue weighted by atomic mass is 10.2. The Balaban J connectivity index is 2.28. The van der Waals surface area contributed by atoms with Crippen LogP contribution in [0.15, 0.2) is 22.6 Å². The molecule has 0 aliphatic rings. The number of thioether (sulfide) groups is 1. The van der Waals surface area contributed by atoms with Crippen molar-refractivity contribution in [2.75, 3.05) is 19.5 Å². The standard InChI is InChI=1S/C17H23N3O3S2/c1-6-7-20-16(22)14-11(3)12(4)25-15(14)19-17(20)24-9-13(21)18-10(2)8-23-5/h6,10H,1,7-9H2,2-5H3,(H,18,21). The van der Waals surface area contributed by atoms with E-state index in [1.54, 1.807) is 17.8 Å². The van der Waals surface area contributed by atoms with Gasteiger partial charge in [-0.1, -0.05) is 17.8 Å². The molecule has 136 valence electrons. The number of carbonyl (C=O) groups excluding carboxylic acids is 1. The van der Waals surface area contributed by atoms with E-state index >= 15 is 0 Å². The van der Waals surface area contributed by atoms with Gasteiger partial charge < -0.3 is 10.1 Å². The van der Waals surface area contributed by atoms with Crippen LogP contribution in [-0.4, -0.2) is 41.0 Å². The van der Waals surface area contributed by atoms with Crippen molar-refractivity contribution in [2.24, 2.45) is 0 Å². The Morgan fingerprint density at radius 1 is 1.52 bits per heavy atom. The molecule has 2 heterocycles. The van der Waals surface area contributed by atoms with Gasteiger partial charge in [-0.05, 0) is 26.3 Å². The first-order chi connectivity index (χ1) is 11.9. The van der Waals surface area contributed by atoms with Gasteiger partial charge in [0.15, 0.2) is 5.16 Å². The number of methoxy groups -OCH3 is 1. The van der Waals surface area contributed by atoms with Crippen molar-refractivity contribution >= 4 is 39.2 Å². The van der Waals surface area contributed by atoms with E-state index < -0.39 is 0 Å². The highest BCUT2D eigenvalue weighted by molar-refractivity contribution is 7.99. The van der Waals surface area contributed by atoms with Gasteiger partial charge in [0.05, 0.1) is 17.7 Å². The lowest BCUT2D eigenvalue weighted by molar-refractivity contribution is -0.119. The maximum Gasteiger partial charge on any atom is 0.263 e. The Bertz CT molecular complexity index is 842. The van der Waals surface area contributed by atoms with Crippen LogP contribution in [0.4, 0.5) is 0 Å². The average molecular weight is 382 g/mol. The highest BCUT2D eigenvalue weighted by Crippen LogP contribution is 2.28. The third-order valence-electron chi connectivity index (χ3n) is 3.72.